The van der Waals surface area contributed by atoms with Crippen LogP contribution >= 0.6 is 0 Å². The minimum Gasteiger partial charge on any atom is -0.490 e. The van der Waals surface area contributed by atoms with Crippen molar-refractivity contribution in [3.05, 3.63) is 71.3 Å². The van der Waals surface area contributed by atoms with Gasteiger partial charge in [-0.05, 0) is 66.0 Å². The Bertz CT molecular complexity index is 1170. The normalized spacial score (nSPS) is 12.2. The molecule has 2 aromatic carbocycles. The average molecular weight is 631 g/mol. The smallest absolute Gasteiger partial charge is 0.416 e. The maximum atomic E-state index is 13.4. The van der Waals surface area contributed by atoms with Crippen molar-refractivity contribution < 1.29 is 32.5 Å². The van der Waals surface area contributed by atoms with E-state index in [9.17, 15) is 23.1 Å². The van der Waals surface area contributed by atoms with Crippen LogP contribution in [0.15, 0.2) is 54.6 Å². The van der Waals surface area contributed by atoms with Crippen LogP contribution in [-0.4, -0.2) is 24.3 Å². The van der Waals surface area contributed by atoms with Crippen molar-refractivity contribution >= 4 is 17.6 Å². The Kier molecular flexibility index (Phi) is 18.8. The molecule has 2 aromatic rings. The molecule has 0 aromatic heterocycles. The summed E-state index contributed by atoms with van der Waals surface area (Å²) in [7, 11) is 0. The number of carboxylic acids is 1. The zero-order chi connectivity index (χ0) is 32.8. The largest absolute Gasteiger partial charge is 0.490 e. The first-order valence-corrected chi connectivity index (χ1v) is 16.9. The summed E-state index contributed by atoms with van der Waals surface area (Å²) in [5.74, 6) is 0.0280. The first-order valence-electron chi connectivity index (χ1n) is 16.9. The summed E-state index contributed by atoms with van der Waals surface area (Å²) in [6.07, 6.45) is 18.5. The fraction of sp³-hybridized carbons (Fsp3) is 0.553. The fourth-order valence-corrected chi connectivity index (χ4v) is 5.13. The number of rotatable bonds is 24. The number of hydrogen-bond donors (Lipinski definition) is 1. The lowest BCUT2D eigenvalue weighted by Gasteiger charge is -2.14. The number of unbranched alkanes of at least 4 members (excludes halogenated alkanes) is 14. The number of carbonyl (C=O) groups is 1. The molecule has 0 aliphatic rings. The Hall–Kier alpha value is -3.22. The summed E-state index contributed by atoms with van der Waals surface area (Å²) < 4.78 is 52.5. The maximum absolute atomic E-state index is 13.4. The first kappa shape index (κ1) is 38.0. The molecule has 4 nitrogen and oxygen atoms in total. The number of aliphatic carboxylic acids is 1. The molecule has 0 aliphatic carbocycles. The molecule has 0 saturated carbocycles. The van der Waals surface area contributed by atoms with Crippen LogP contribution in [0.2, 0.25) is 0 Å². The lowest BCUT2D eigenvalue weighted by molar-refractivity contribution is -0.137. The molecule has 7 heteroatoms. The molecular formula is C38H53F3O4. The number of halogens is 3. The number of carboxylic acid groups (broad SMARTS) is 1. The minimum atomic E-state index is -4.51. The van der Waals surface area contributed by atoms with Crippen molar-refractivity contribution in [2.24, 2.45) is 0 Å². The Morgan fingerprint density at radius 3 is 1.76 bits per heavy atom. The van der Waals surface area contributed by atoms with Gasteiger partial charge in [0.2, 0.25) is 0 Å². The molecule has 0 saturated heterocycles. The zero-order valence-corrected chi connectivity index (χ0v) is 27.3. The molecule has 0 radical (unpaired) electrons. The second-order valence-corrected chi connectivity index (χ2v) is 11.7. The van der Waals surface area contributed by atoms with Crippen molar-refractivity contribution in [1.82, 2.24) is 0 Å². The van der Waals surface area contributed by atoms with Gasteiger partial charge < -0.3 is 14.6 Å². The minimum absolute atomic E-state index is 0.263. The van der Waals surface area contributed by atoms with Crippen LogP contribution in [0.5, 0.6) is 11.5 Å². The highest BCUT2D eigenvalue weighted by Gasteiger charge is 2.30. The quantitative estimate of drug-likeness (QED) is 0.0543. The predicted molar refractivity (Wildman–Crippen MR) is 179 cm³/mol. The molecule has 250 valence electrons. The van der Waals surface area contributed by atoms with E-state index < -0.39 is 17.7 Å². The highest BCUT2D eigenvalue weighted by atomic mass is 19.4. The molecular weight excluding hydrogens is 577 g/mol. The topological polar surface area (TPSA) is 55.8 Å². The Morgan fingerprint density at radius 1 is 0.689 bits per heavy atom. The van der Waals surface area contributed by atoms with E-state index in [1.807, 2.05) is 18.2 Å². The van der Waals surface area contributed by atoms with Crippen LogP contribution in [0.25, 0.3) is 11.6 Å². The van der Waals surface area contributed by atoms with Gasteiger partial charge in [0, 0.05) is 6.08 Å². The van der Waals surface area contributed by atoms with Crippen LogP contribution in [0.1, 0.15) is 133 Å². The molecule has 2 rings (SSSR count). The van der Waals surface area contributed by atoms with Gasteiger partial charge in [-0.2, -0.15) is 13.2 Å². The van der Waals surface area contributed by atoms with Crippen molar-refractivity contribution in [2.75, 3.05) is 13.2 Å². The van der Waals surface area contributed by atoms with Gasteiger partial charge in [0.1, 0.15) is 0 Å². The van der Waals surface area contributed by atoms with Crippen molar-refractivity contribution in [3.63, 3.8) is 0 Å². The van der Waals surface area contributed by atoms with E-state index >= 15 is 0 Å². The van der Waals surface area contributed by atoms with E-state index in [0.29, 0.717) is 35.8 Å². The van der Waals surface area contributed by atoms with Gasteiger partial charge in [-0.3, -0.25) is 0 Å². The predicted octanol–water partition coefficient (Wildman–Crippen LogP) is 11.9. The van der Waals surface area contributed by atoms with E-state index in [2.05, 4.69) is 13.8 Å². The third kappa shape index (κ3) is 16.6. The van der Waals surface area contributed by atoms with Crippen LogP contribution < -0.4 is 9.47 Å². The van der Waals surface area contributed by atoms with E-state index in [1.165, 1.54) is 95.3 Å². The molecule has 0 spiro atoms. The lowest BCUT2D eigenvalue weighted by atomic mass is 9.99. The van der Waals surface area contributed by atoms with Crippen LogP contribution in [0, 0.1) is 0 Å². The van der Waals surface area contributed by atoms with E-state index in [-0.39, 0.29) is 5.56 Å². The Morgan fingerprint density at radius 2 is 1.22 bits per heavy atom. The van der Waals surface area contributed by atoms with E-state index in [1.54, 1.807) is 6.08 Å². The standard InChI is InChI=1S/C38H53F3O4/c1-3-5-7-9-11-13-15-17-26-44-35-24-22-31(29-36(35)45-27-18-16-14-12-10-8-6-4-2)28-33(23-25-37(42)43)32-20-19-21-34(30-32)38(39,40)41/h19-25,28-30H,3-18,26-27H2,1-2H3,(H,42,43)/b25-23?,33-28-. The zero-order valence-electron chi connectivity index (χ0n) is 27.3. The van der Waals surface area contributed by atoms with Gasteiger partial charge in [0.25, 0.3) is 0 Å². The number of alkyl halides is 3. The highest BCUT2D eigenvalue weighted by molar-refractivity contribution is 5.92. The third-order valence-electron chi connectivity index (χ3n) is 7.73. The number of hydrogen-bond acceptors (Lipinski definition) is 3. The van der Waals surface area contributed by atoms with Crippen molar-refractivity contribution in [3.8, 4) is 11.5 Å². The summed E-state index contributed by atoms with van der Waals surface area (Å²) in [6.45, 7) is 5.55. The van der Waals surface area contributed by atoms with Gasteiger partial charge in [-0.1, -0.05) is 122 Å². The fourth-order valence-electron chi connectivity index (χ4n) is 5.13. The van der Waals surface area contributed by atoms with Crippen LogP contribution in [0.3, 0.4) is 0 Å². The molecule has 0 atom stereocenters. The van der Waals surface area contributed by atoms with E-state index in [4.69, 9.17) is 9.47 Å². The summed E-state index contributed by atoms with van der Waals surface area (Å²) in [5, 5.41) is 9.21. The number of allylic oxidation sites excluding steroid dienone is 2. The summed E-state index contributed by atoms with van der Waals surface area (Å²) in [5.41, 5.74) is 0.473. The second kappa shape index (κ2) is 22.3. The number of benzene rings is 2. The average Bonchev–Trinajstić information content (AvgIpc) is 3.01. The molecule has 0 aliphatic heterocycles. The summed E-state index contributed by atoms with van der Waals surface area (Å²) in [6, 6.07) is 10.3. The van der Waals surface area contributed by atoms with Crippen LogP contribution in [0.4, 0.5) is 13.2 Å². The molecule has 0 amide bonds. The summed E-state index contributed by atoms with van der Waals surface area (Å²) in [4.78, 5) is 11.3. The summed E-state index contributed by atoms with van der Waals surface area (Å²) >= 11 is 0. The monoisotopic (exact) mass is 630 g/mol. The van der Waals surface area contributed by atoms with Crippen molar-refractivity contribution in [1.29, 1.82) is 0 Å². The van der Waals surface area contributed by atoms with E-state index in [0.717, 1.165) is 43.9 Å². The molecule has 45 heavy (non-hydrogen) atoms. The molecule has 1 N–H and O–H groups in total. The molecule has 0 fully saturated rings. The van der Waals surface area contributed by atoms with Gasteiger partial charge in [0.15, 0.2) is 11.5 Å². The number of ether oxygens (including phenoxy) is 2. The van der Waals surface area contributed by atoms with Gasteiger partial charge >= 0.3 is 12.1 Å². The highest BCUT2D eigenvalue weighted by Crippen LogP contribution is 2.34. The molecule has 0 bridgehead atoms. The maximum Gasteiger partial charge on any atom is 0.416 e. The third-order valence-corrected chi connectivity index (χ3v) is 7.73. The van der Waals surface area contributed by atoms with Gasteiger partial charge in [0.05, 0.1) is 18.8 Å². The Labute approximate surface area is 268 Å². The molecule has 0 unspecified atom stereocenters. The first-order chi connectivity index (χ1) is 21.7. The Balaban J connectivity index is 2.16. The second-order valence-electron chi connectivity index (χ2n) is 11.7. The van der Waals surface area contributed by atoms with Crippen LogP contribution in [-0.2, 0) is 11.0 Å². The van der Waals surface area contributed by atoms with Gasteiger partial charge in [-0.15, -0.1) is 0 Å². The SMILES string of the molecule is CCCCCCCCCCOc1ccc(/C=C(/C=CC(=O)O)c2cccc(C(F)(F)F)c2)cc1OCCCCCCCCCC. The molecule has 0 heterocycles. The van der Waals surface area contributed by atoms with Gasteiger partial charge in [-0.25, -0.2) is 4.79 Å². The lowest BCUT2D eigenvalue weighted by Crippen LogP contribution is -2.05. The van der Waals surface area contributed by atoms with Crippen molar-refractivity contribution in [2.45, 2.75) is 123 Å².